The Kier molecular flexibility index (Phi) is 11.0. The van der Waals surface area contributed by atoms with Crippen molar-refractivity contribution in [3.63, 3.8) is 0 Å². The van der Waals surface area contributed by atoms with Crippen LogP contribution in [0.2, 0.25) is 0 Å². The summed E-state index contributed by atoms with van der Waals surface area (Å²) in [5.41, 5.74) is 13.8. The molecule has 0 atom stereocenters. The summed E-state index contributed by atoms with van der Waals surface area (Å²) in [6, 6.07) is 6.02. The summed E-state index contributed by atoms with van der Waals surface area (Å²) in [4.78, 5) is 57.6. The summed E-state index contributed by atoms with van der Waals surface area (Å²) < 4.78 is 1.37. The number of aromatic nitrogens is 3. The number of aromatic amines is 2. The third kappa shape index (κ3) is 7.46. The van der Waals surface area contributed by atoms with Crippen molar-refractivity contribution in [2.75, 3.05) is 34.2 Å². The number of thioether (sulfide) groups is 1. The molecule has 13 nitrogen and oxygen atoms in total. The number of rotatable bonds is 14. The predicted octanol–water partition coefficient (Wildman–Crippen LogP) is 4.64. The van der Waals surface area contributed by atoms with E-state index in [1.54, 1.807) is 38.7 Å². The zero-order valence-electron chi connectivity index (χ0n) is 25.8. The summed E-state index contributed by atoms with van der Waals surface area (Å²) >= 11 is 7.52. The Morgan fingerprint density at radius 2 is 1.61 bits per heavy atom. The number of amidine groups is 1. The molecule has 0 bridgehead atoms. The van der Waals surface area contributed by atoms with Crippen molar-refractivity contribution in [2.24, 2.45) is 5.73 Å². The summed E-state index contributed by atoms with van der Waals surface area (Å²) in [7, 11) is 0. The molecule has 1 aromatic carbocycles. The number of nitrogens with zero attached hydrogens (tertiary/aromatic N) is 1. The van der Waals surface area contributed by atoms with Gasteiger partial charge in [-0.2, -0.15) is 0 Å². The monoisotopic (exact) mass is 665 g/mol. The average molecular weight is 666 g/mol. The lowest BCUT2D eigenvalue weighted by molar-refractivity contribution is -0.106. The topological polar surface area (TPSA) is 203 Å². The quantitative estimate of drug-likeness (QED) is 0.0317. The summed E-state index contributed by atoms with van der Waals surface area (Å²) in [6.07, 6.45) is 5.43. The molecule has 0 spiro atoms. The first-order valence-electron chi connectivity index (χ1n) is 14.3. The molecule has 0 aliphatic heterocycles. The number of H-pyrrole nitrogens is 2. The molecule has 0 radical (unpaired) electrons. The van der Waals surface area contributed by atoms with Gasteiger partial charge in [-0.05, 0) is 50.5 Å². The van der Waals surface area contributed by atoms with Crippen LogP contribution in [0.4, 0.5) is 11.4 Å². The smallest absolute Gasteiger partial charge is 0.274 e. The molecular formula is C31H36ClN9O4S. The third-order valence-electron chi connectivity index (χ3n) is 7.40. The molecule has 0 fully saturated rings. The first kappa shape index (κ1) is 33.9. The van der Waals surface area contributed by atoms with Crippen molar-refractivity contribution in [1.82, 2.24) is 20.0 Å². The number of benzene rings is 1. The van der Waals surface area contributed by atoms with Gasteiger partial charge in [-0.3, -0.25) is 34.7 Å². The number of nitrogens with two attached hydrogens (primary N) is 1. The lowest BCUT2D eigenvalue weighted by Crippen LogP contribution is -2.28. The Hall–Kier alpha value is -4.95. The second-order valence-corrected chi connectivity index (χ2v) is 12.0. The van der Waals surface area contributed by atoms with Gasteiger partial charge < -0.3 is 31.7 Å². The van der Waals surface area contributed by atoms with E-state index in [1.807, 2.05) is 25.1 Å². The van der Waals surface area contributed by atoms with Gasteiger partial charge in [0.2, 0.25) is 6.41 Å². The van der Waals surface area contributed by atoms with E-state index in [0.717, 1.165) is 27.3 Å². The highest BCUT2D eigenvalue weighted by Crippen LogP contribution is 2.32. The van der Waals surface area contributed by atoms with E-state index in [9.17, 15) is 19.2 Å². The van der Waals surface area contributed by atoms with Crippen LogP contribution in [-0.4, -0.2) is 62.8 Å². The van der Waals surface area contributed by atoms with Gasteiger partial charge >= 0.3 is 0 Å². The van der Waals surface area contributed by atoms with Gasteiger partial charge in [-0.15, -0.1) is 23.4 Å². The Labute approximate surface area is 274 Å². The molecule has 4 aromatic rings. The maximum absolute atomic E-state index is 13.6. The predicted molar refractivity (Wildman–Crippen MR) is 182 cm³/mol. The Bertz CT molecular complexity index is 1810. The molecule has 0 aliphatic rings. The molecule has 0 saturated heterocycles. The van der Waals surface area contributed by atoms with E-state index < -0.39 is 11.8 Å². The molecule has 0 saturated carbocycles. The molecule has 0 aliphatic carbocycles. The first-order chi connectivity index (χ1) is 22.0. The van der Waals surface area contributed by atoms with Crippen LogP contribution >= 0.6 is 23.4 Å². The molecule has 46 heavy (non-hydrogen) atoms. The molecule has 9 N–H and O–H groups in total. The van der Waals surface area contributed by atoms with Gasteiger partial charge in [0.15, 0.2) is 0 Å². The second-order valence-electron chi connectivity index (χ2n) is 10.5. The van der Waals surface area contributed by atoms with E-state index in [1.165, 1.54) is 17.1 Å². The Balaban J connectivity index is 1.51. The van der Waals surface area contributed by atoms with Gasteiger partial charge in [-0.25, -0.2) is 0 Å². The van der Waals surface area contributed by atoms with Crippen LogP contribution in [0.1, 0.15) is 60.1 Å². The molecule has 4 amide bonds. The maximum Gasteiger partial charge on any atom is 0.274 e. The number of amides is 4. The molecule has 4 rings (SSSR count). The zero-order chi connectivity index (χ0) is 33.5. The Morgan fingerprint density at radius 3 is 2.20 bits per heavy atom. The van der Waals surface area contributed by atoms with Crippen LogP contribution in [0.25, 0.3) is 11.1 Å². The second kappa shape index (κ2) is 14.9. The van der Waals surface area contributed by atoms with Crippen molar-refractivity contribution >= 4 is 64.7 Å². The molecule has 242 valence electrons. The van der Waals surface area contributed by atoms with Gasteiger partial charge in [0.1, 0.15) is 17.1 Å². The van der Waals surface area contributed by atoms with Gasteiger partial charge in [-0.1, -0.05) is 12.1 Å². The summed E-state index contributed by atoms with van der Waals surface area (Å²) in [5, 5.41) is 15.6. The van der Waals surface area contributed by atoms with Gasteiger partial charge in [0, 0.05) is 64.8 Å². The van der Waals surface area contributed by atoms with E-state index in [4.69, 9.17) is 22.7 Å². The fourth-order valence-electron chi connectivity index (χ4n) is 4.94. The highest BCUT2D eigenvalue weighted by Gasteiger charge is 2.24. The molecule has 3 heterocycles. The molecular weight excluding hydrogens is 630 g/mol. The molecule has 15 heteroatoms. The van der Waals surface area contributed by atoms with E-state index >= 15 is 0 Å². The van der Waals surface area contributed by atoms with Crippen LogP contribution in [0.15, 0.2) is 41.7 Å². The fraction of sp³-hybridized carbons (Fsp3) is 0.258. The SMILES string of the molecule is Cc1cc(-c2cn(NC=O)c(C(=O)Nc3c[nH]c(C(=O)Nc4c[nH]c(C(=O)NCCC(=N)N)c4C)c3C)c2C)ccc1SCCCl. The largest absolute Gasteiger partial charge is 0.388 e. The molecule has 3 aromatic heterocycles. The first-order valence-corrected chi connectivity index (χ1v) is 15.8. The van der Waals surface area contributed by atoms with Crippen LogP contribution in [0.3, 0.4) is 0 Å². The minimum atomic E-state index is -0.486. The fourth-order valence-corrected chi connectivity index (χ4v) is 5.92. The van der Waals surface area contributed by atoms with Crippen molar-refractivity contribution < 1.29 is 19.2 Å². The van der Waals surface area contributed by atoms with Crippen molar-refractivity contribution in [2.45, 2.75) is 39.0 Å². The number of anilines is 2. The summed E-state index contributed by atoms with van der Waals surface area (Å²) in [6.45, 7) is 7.40. The van der Waals surface area contributed by atoms with Crippen LogP contribution < -0.4 is 27.1 Å². The normalized spacial score (nSPS) is 10.8. The van der Waals surface area contributed by atoms with Crippen LogP contribution in [-0.2, 0) is 4.79 Å². The summed E-state index contributed by atoms with van der Waals surface area (Å²) in [5.74, 6) is -0.0389. The lowest BCUT2D eigenvalue weighted by Gasteiger charge is -2.10. The van der Waals surface area contributed by atoms with Crippen LogP contribution in [0, 0.1) is 33.1 Å². The van der Waals surface area contributed by atoms with Gasteiger partial charge in [0.05, 0.1) is 17.2 Å². The average Bonchev–Trinajstić information content (AvgIpc) is 3.66. The van der Waals surface area contributed by atoms with Crippen molar-refractivity contribution in [3.05, 3.63) is 76.1 Å². The molecule has 0 unspecified atom stereocenters. The Morgan fingerprint density at radius 1 is 0.978 bits per heavy atom. The lowest BCUT2D eigenvalue weighted by atomic mass is 10.0. The minimum absolute atomic E-state index is 0.0332. The van der Waals surface area contributed by atoms with Crippen molar-refractivity contribution in [3.8, 4) is 11.1 Å². The zero-order valence-corrected chi connectivity index (χ0v) is 27.4. The minimum Gasteiger partial charge on any atom is -0.388 e. The number of hydrogen-bond donors (Lipinski definition) is 8. The number of aryl methyl sites for hydroxylation is 1. The standard InChI is InChI=1S/C31H36ClN9O4S/c1-16-11-20(5-6-24(16)46-10-8-32)21-14-41(38-15-42)28(17(21)2)31(45)40-23-13-37-27(19(23)4)30(44)39-22-12-36-26(18(22)3)29(43)35-9-7-25(33)34/h5-6,11-15,36-37H,7-10H2,1-4H3,(H3,33,34)(H,35,43)(H,38,42)(H,39,44)(H,40,45). The third-order valence-corrected chi connectivity index (χ3v) is 8.99. The maximum atomic E-state index is 13.6. The number of carbonyl (C=O) groups is 4. The van der Waals surface area contributed by atoms with E-state index in [0.29, 0.717) is 40.4 Å². The van der Waals surface area contributed by atoms with Crippen LogP contribution in [0.5, 0.6) is 0 Å². The number of carbonyl (C=O) groups excluding carboxylic acids is 4. The van der Waals surface area contributed by atoms with Gasteiger partial charge in [0.25, 0.3) is 17.7 Å². The van der Waals surface area contributed by atoms with E-state index in [2.05, 4.69) is 31.3 Å². The van der Waals surface area contributed by atoms with E-state index in [-0.39, 0.29) is 41.8 Å². The number of nitrogens with one attached hydrogen (secondary N) is 7. The highest BCUT2D eigenvalue weighted by atomic mass is 35.5. The van der Waals surface area contributed by atoms with Crippen molar-refractivity contribution in [1.29, 1.82) is 5.41 Å². The highest BCUT2D eigenvalue weighted by molar-refractivity contribution is 7.99. The number of hydrogen-bond acceptors (Lipinski definition) is 6. The number of halogens is 1. The number of alkyl halides is 1.